The SMILES string of the molecule is CCn1cc(C2C(N)CCC(=O)N2C(C)(C)C)cn1. The van der Waals surface area contributed by atoms with E-state index in [-0.39, 0.29) is 23.5 Å². The Labute approximate surface area is 114 Å². The highest BCUT2D eigenvalue weighted by Crippen LogP contribution is 2.36. The first kappa shape index (κ1) is 14.1. The van der Waals surface area contributed by atoms with Gasteiger partial charge in [0, 0.05) is 36.3 Å². The molecule has 0 spiro atoms. The van der Waals surface area contributed by atoms with Crippen LogP contribution in [-0.2, 0) is 11.3 Å². The summed E-state index contributed by atoms with van der Waals surface area (Å²) in [5.41, 5.74) is 7.09. The molecule has 0 aliphatic carbocycles. The molecule has 2 unspecified atom stereocenters. The molecule has 0 bridgehead atoms. The number of nitrogens with zero attached hydrogens (tertiary/aromatic N) is 3. The lowest BCUT2D eigenvalue weighted by atomic mass is 9.88. The van der Waals surface area contributed by atoms with Crippen LogP contribution in [0.25, 0.3) is 0 Å². The van der Waals surface area contributed by atoms with Gasteiger partial charge < -0.3 is 10.6 Å². The molecule has 1 aromatic rings. The fraction of sp³-hybridized carbons (Fsp3) is 0.714. The minimum absolute atomic E-state index is 0.0218. The zero-order valence-corrected chi connectivity index (χ0v) is 12.3. The Morgan fingerprint density at radius 1 is 1.47 bits per heavy atom. The molecule has 106 valence electrons. The number of aryl methyl sites for hydroxylation is 1. The van der Waals surface area contributed by atoms with Gasteiger partial charge in [-0.3, -0.25) is 9.48 Å². The number of nitrogens with two attached hydrogens (primary N) is 1. The van der Waals surface area contributed by atoms with Gasteiger partial charge in [-0.05, 0) is 34.1 Å². The first-order valence-corrected chi connectivity index (χ1v) is 6.94. The van der Waals surface area contributed by atoms with Crippen LogP contribution in [0.1, 0.15) is 52.1 Å². The highest BCUT2D eigenvalue weighted by atomic mass is 16.2. The maximum atomic E-state index is 12.3. The van der Waals surface area contributed by atoms with Gasteiger partial charge in [-0.15, -0.1) is 0 Å². The number of carbonyl (C=O) groups excluding carboxylic acids is 1. The van der Waals surface area contributed by atoms with Crippen molar-refractivity contribution in [3.05, 3.63) is 18.0 Å². The fourth-order valence-electron chi connectivity index (χ4n) is 2.81. The van der Waals surface area contributed by atoms with E-state index in [1.165, 1.54) is 0 Å². The Bertz CT molecular complexity index is 460. The molecule has 5 heteroatoms. The van der Waals surface area contributed by atoms with Crippen LogP contribution < -0.4 is 5.73 Å². The van der Waals surface area contributed by atoms with Gasteiger partial charge in [-0.25, -0.2) is 0 Å². The summed E-state index contributed by atoms with van der Waals surface area (Å²) in [5.74, 6) is 0.184. The van der Waals surface area contributed by atoms with E-state index in [1.54, 1.807) is 0 Å². The maximum absolute atomic E-state index is 12.3. The maximum Gasteiger partial charge on any atom is 0.223 e. The van der Waals surface area contributed by atoms with Crippen molar-refractivity contribution < 1.29 is 4.79 Å². The van der Waals surface area contributed by atoms with Crippen LogP contribution in [0.3, 0.4) is 0 Å². The van der Waals surface area contributed by atoms with Crippen LogP contribution in [0.15, 0.2) is 12.4 Å². The third-order valence-electron chi connectivity index (χ3n) is 3.69. The van der Waals surface area contributed by atoms with Gasteiger partial charge in [-0.2, -0.15) is 5.10 Å². The number of likely N-dealkylation sites (tertiary alicyclic amines) is 1. The van der Waals surface area contributed by atoms with Crippen LogP contribution >= 0.6 is 0 Å². The standard InChI is InChI=1S/C14H24N4O/c1-5-17-9-10(8-16-17)13-11(15)6-7-12(19)18(13)14(2,3)4/h8-9,11,13H,5-7,15H2,1-4H3. The Hall–Kier alpha value is -1.36. The molecule has 1 fully saturated rings. The summed E-state index contributed by atoms with van der Waals surface area (Å²) in [4.78, 5) is 14.2. The smallest absolute Gasteiger partial charge is 0.223 e. The van der Waals surface area contributed by atoms with Gasteiger partial charge in [0.15, 0.2) is 0 Å². The molecule has 0 aromatic carbocycles. The van der Waals surface area contributed by atoms with Crippen molar-refractivity contribution in [3.63, 3.8) is 0 Å². The van der Waals surface area contributed by atoms with E-state index in [0.29, 0.717) is 6.42 Å². The number of aromatic nitrogens is 2. The number of carbonyl (C=O) groups is 1. The molecule has 1 saturated heterocycles. The van der Waals surface area contributed by atoms with Crippen molar-refractivity contribution >= 4 is 5.91 Å². The minimum atomic E-state index is -0.228. The predicted octanol–water partition coefficient (Wildman–Crippen LogP) is 1.69. The second kappa shape index (κ2) is 4.96. The van der Waals surface area contributed by atoms with E-state index in [9.17, 15) is 4.79 Å². The zero-order valence-electron chi connectivity index (χ0n) is 12.3. The summed E-state index contributed by atoms with van der Waals surface area (Å²) in [6.07, 6.45) is 5.12. The molecule has 5 nitrogen and oxygen atoms in total. The fourth-order valence-corrected chi connectivity index (χ4v) is 2.81. The number of rotatable bonds is 2. The Morgan fingerprint density at radius 3 is 2.68 bits per heavy atom. The molecular formula is C14H24N4O. The number of amides is 1. The van der Waals surface area contributed by atoms with Crippen molar-refractivity contribution in [2.24, 2.45) is 5.73 Å². The summed E-state index contributed by atoms with van der Waals surface area (Å²) < 4.78 is 1.88. The molecule has 0 radical (unpaired) electrons. The molecule has 0 saturated carbocycles. The van der Waals surface area contributed by atoms with Crippen molar-refractivity contribution in [2.75, 3.05) is 0 Å². The molecule has 2 rings (SSSR count). The van der Waals surface area contributed by atoms with Crippen molar-refractivity contribution in [2.45, 2.75) is 64.7 Å². The molecular weight excluding hydrogens is 240 g/mol. The number of hydrogen-bond acceptors (Lipinski definition) is 3. The normalized spacial score (nSPS) is 24.9. The third kappa shape index (κ3) is 2.66. The van der Waals surface area contributed by atoms with Crippen molar-refractivity contribution in [3.8, 4) is 0 Å². The summed E-state index contributed by atoms with van der Waals surface area (Å²) >= 11 is 0. The van der Waals surface area contributed by atoms with Crippen molar-refractivity contribution in [1.82, 2.24) is 14.7 Å². The van der Waals surface area contributed by atoms with Gasteiger partial charge >= 0.3 is 0 Å². The molecule has 2 N–H and O–H groups in total. The molecule has 1 aliphatic rings. The lowest BCUT2D eigenvalue weighted by Gasteiger charge is -2.47. The summed E-state index contributed by atoms with van der Waals surface area (Å²) in [6.45, 7) is 9.04. The van der Waals surface area contributed by atoms with E-state index >= 15 is 0 Å². The Morgan fingerprint density at radius 2 is 2.16 bits per heavy atom. The van der Waals surface area contributed by atoms with Crippen LogP contribution in [0.4, 0.5) is 0 Å². The minimum Gasteiger partial charge on any atom is -0.329 e. The molecule has 1 aliphatic heterocycles. The second-order valence-corrected chi connectivity index (χ2v) is 6.21. The first-order chi connectivity index (χ1) is 8.84. The predicted molar refractivity (Wildman–Crippen MR) is 74.5 cm³/mol. The summed E-state index contributed by atoms with van der Waals surface area (Å²) in [7, 11) is 0. The highest BCUT2D eigenvalue weighted by Gasteiger charge is 2.41. The topological polar surface area (TPSA) is 64.2 Å². The molecule has 1 aromatic heterocycles. The quantitative estimate of drug-likeness (QED) is 0.884. The van der Waals surface area contributed by atoms with Gasteiger partial charge in [-0.1, -0.05) is 0 Å². The molecule has 19 heavy (non-hydrogen) atoms. The number of piperidine rings is 1. The molecule has 1 amide bonds. The molecule has 2 atom stereocenters. The van der Waals surface area contributed by atoms with E-state index in [1.807, 2.05) is 28.9 Å². The largest absolute Gasteiger partial charge is 0.329 e. The average Bonchev–Trinajstić information content (AvgIpc) is 2.78. The van der Waals surface area contributed by atoms with Crippen LogP contribution in [0, 0.1) is 0 Å². The summed E-state index contributed by atoms with van der Waals surface area (Å²) in [6, 6.07) is -0.0898. The lowest BCUT2D eigenvalue weighted by Crippen LogP contribution is -2.56. The Balaban J connectivity index is 2.39. The van der Waals surface area contributed by atoms with E-state index < -0.39 is 0 Å². The lowest BCUT2D eigenvalue weighted by molar-refractivity contribution is -0.144. The number of hydrogen-bond donors (Lipinski definition) is 1. The van der Waals surface area contributed by atoms with E-state index in [4.69, 9.17) is 5.73 Å². The van der Waals surface area contributed by atoms with E-state index in [0.717, 1.165) is 18.5 Å². The first-order valence-electron chi connectivity index (χ1n) is 6.94. The van der Waals surface area contributed by atoms with E-state index in [2.05, 4.69) is 25.9 Å². The van der Waals surface area contributed by atoms with Gasteiger partial charge in [0.25, 0.3) is 0 Å². The summed E-state index contributed by atoms with van der Waals surface area (Å²) in [5, 5.41) is 4.31. The zero-order chi connectivity index (χ0) is 14.2. The monoisotopic (exact) mass is 264 g/mol. The van der Waals surface area contributed by atoms with Crippen LogP contribution in [-0.4, -0.2) is 32.2 Å². The van der Waals surface area contributed by atoms with Crippen molar-refractivity contribution in [1.29, 1.82) is 0 Å². The highest BCUT2D eigenvalue weighted by molar-refractivity contribution is 5.78. The third-order valence-corrected chi connectivity index (χ3v) is 3.69. The molecule has 2 heterocycles. The van der Waals surface area contributed by atoms with Gasteiger partial charge in [0.2, 0.25) is 5.91 Å². The van der Waals surface area contributed by atoms with Crippen LogP contribution in [0.2, 0.25) is 0 Å². The van der Waals surface area contributed by atoms with Crippen LogP contribution in [0.5, 0.6) is 0 Å². The second-order valence-electron chi connectivity index (χ2n) is 6.21. The average molecular weight is 264 g/mol. The van der Waals surface area contributed by atoms with Gasteiger partial charge in [0.1, 0.15) is 0 Å². The Kier molecular flexibility index (Phi) is 3.67. The van der Waals surface area contributed by atoms with Gasteiger partial charge in [0.05, 0.1) is 12.2 Å².